The minimum atomic E-state index is -5.49. The predicted octanol–water partition coefficient (Wildman–Crippen LogP) is 5.74. The van der Waals surface area contributed by atoms with Crippen molar-refractivity contribution < 1.29 is 26.3 Å². The van der Waals surface area contributed by atoms with Gasteiger partial charge >= 0.3 is 15.5 Å². The van der Waals surface area contributed by atoms with E-state index in [1.165, 1.54) is 18.2 Å². The van der Waals surface area contributed by atoms with E-state index in [0.717, 1.165) is 16.8 Å². The molecule has 4 aromatic rings. The van der Waals surface area contributed by atoms with Crippen LogP contribution in [0, 0.1) is 0 Å². The highest BCUT2D eigenvalue weighted by Gasteiger charge is 2.46. The lowest BCUT2D eigenvalue weighted by molar-refractivity contribution is -0.0429. The predicted molar refractivity (Wildman–Crippen MR) is 117 cm³/mol. The van der Waals surface area contributed by atoms with Crippen LogP contribution in [-0.4, -0.2) is 18.9 Å². The summed E-state index contributed by atoms with van der Waals surface area (Å²) in [7, 11) is -5.49. The Morgan fingerprint density at radius 3 is 2.38 bits per heavy atom. The van der Waals surface area contributed by atoms with E-state index in [2.05, 4.69) is 4.98 Å². The van der Waals surface area contributed by atoms with Crippen molar-refractivity contribution in [2.75, 3.05) is 4.72 Å². The molecule has 1 aromatic heterocycles. The molecule has 32 heavy (non-hydrogen) atoms. The molecule has 0 unspecified atom stereocenters. The van der Waals surface area contributed by atoms with Crippen LogP contribution in [-0.2, 0) is 16.6 Å². The van der Waals surface area contributed by atoms with Gasteiger partial charge in [0.25, 0.3) is 0 Å². The summed E-state index contributed by atoms with van der Waals surface area (Å²) in [6.07, 6.45) is 1.73. The van der Waals surface area contributed by atoms with Crippen molar-refractivity contribution in [1.29, 1.82) is 0 Å². The molecule has 0 saturated carbocycles. The molecule has 0 bridgehead atoms. The van der Waals surface area contributed by atoms with Gasteiger partial charge in [0.2, 0.25) is 0 Å². The lowest BCUT2D eigenvalue weighted by atomic mass is 10.1. The van der Waals surface area contributed by atoms with Crippen molar-refractivity contribution in [2.45, 2.75) is 12.1 Å². The van der Waals surface area contributed by atoms with Crippen molar-refractivity contribution in [2.24, 2.45) is 0 Å². The van der Waals surface area contributed by atoms with Crippen LogP contribution in [0.1, 0.15) is 5.56 Å². The Morgan fingerprint density at radius 2 is 1.69 bits per heavy atom. The number of halogens is 3. The number of alkyl halides is 3. The Morgan fingerprint density at radius 1 is 0.906 bits per heavy atom. The van der Waals surface area contributed by atoms with Crippen LogP contribution in [0.25, 0.3) is 22.0 Å². The Labute approximate surface area is 182 Å². The number of anilines is 1. The maximum atomic E-state index is 12.6. The molecule has 9 heteroatoms. The molecule has 1 N–H and O–H groups in total. The number of ether oxygens (including phenoxy) is 1. The zero-order valence-electron chi connectivity index (χ0n) is 16.5. The molecule has 0 aliphatic carbocycles. The van der Waals surface area contributed by atoms with Crippen molar-refractivity contribution in [1.82, 2.24) is 4.98 Å². The largest absolute Gasteiger partial charge is 0.516 e. The van der Waals surface area contributed by atoms with Gasteiger partial charge in [-0.2, -0.15) is 21.6 Å². The SMILES string of the molecule is O=S(=O)(Nc1ccc2c(OCc3ccc(-c4ccccn4)cc3)cccc2c1)C(F)(F)F. The molecule has 0 aliphatic rings. The molecule has 0 amide bonds. The van der Waals surface area contributed by atoms with Gasteiger partial charge in [-0.25, -0.2) is 0 Å². The van der Waals surface area contributed by atoms with Crippen LogP contribution in [0.2, 0.25) is 0 Å². The first-order chi connectivity index (χ1) is 15.2. The van der Waals surface area contributed by atoms with Gasteiger partial charge < -0.3 is 4.74 Å². The van der Waals surface area contributed by atoms with Gasteiger partial charge in [0.15, 0.2) is 0 Å². The van der Waals surface area contributed by atoms with Gasteiger partial charge in [0.05, 0.1) is 5.69 Å². The van der Waals surface area contributed by atoms with Crippen LogP contribution in [0.3, 0.4) is 0 Å². The molecular formula is C23H17F3N2O3S. The Balaban J connectivity index is 1.50. The van der Waals surface area contributed by atoms with E-state index in [0.29, 0.717) is 16.5 Å². The third-order valence-corrected chi connectivity index (χ3v) is 5.82. The van der Waals surface area contributed by atoms with Gasteiger partial charge in [0.1, 0.15) is 12.4 Å². The second kappa shape index (κ2) is 8.51. The zero-order valence-corrected chi connectivity index (χ0v) is 17.3. The highest BCUT2D eigenvalue weighted by Crippen LogP contribution is 2.31. The molecule has 0 atom stereocenters. The molecule has 4 rings (SSSR count). The average Bonchev–Trinajstić information content (AvgIpc) is 2.77. The number of pyridine rings is 1. The van der Waals surface area contributed by atoms with E-state index in [4.69, 9.17) is 4.74 Å². The van der Waals surface area contributed by atoms with Crippen molar-refractivity contribution in [3.05, 3.63) is 90.6 Å². The quantitative estimate of drug-likeness (QED) is 0.400. The second-order valence-corrected chi connectivity index (χ2v) is 8.62. The van der Waals surface area contributed by atoms with Gasteiger partial charge in [-0.1, -0.05) is 42.5 Å². The van der Waals surface area contributed by atoms with E-state index in [1.807, 2.05) is 42.5 Å². The monoisotopic (exact) mass is 458 g/mol. The lowest BCUT2D eigenvalue weighted by Crippen LogP contribution is -2.29. The Bertz CT molecular complexity index is 1340. The standard InChI is InChI=1S/C23H17F3N2O3S/c24-23(25,26)32(29,30)28-19-11-12-20-18(14-19)4-3-6-22(20)31-15-16-7-9-17(10-8-16)21-5-1-2-13-27-21/h1-14,28H,15H2. The second-order valence-electron chi connectivity index (χ2n) is 6.94. The minimum absolute atomic E-state index is 0.183. The van der Waals surface area contributed by atoms with Crippen LogP contribution in [0.4, 0.5) is 18.9 Å². The summed E-state index contributed by atoms with van der Waals surface area (Å²) in [5.74, 6) is 0.529. The zero-order chi connectivity index (χ0) is 22.8. The molecule has 0 fully saturated rings. The fourth-order valence-corrected chi connectivity index (χ4v) is 3.68. The number of rotatable bonds is 6. The normalized spacial score (nSPS) is 12.0. The van der Waals surface area contributed by atoms with Crippen molar-refractivity contribution in [3.63, 3.8) is 0 Å². The maximum absolute atomic E-state index is 12.6. The third kappa shape index (κ3) is 4.67. The summed E-state index contributed by atoms with van der Waals surface area (Å²) < 4.78 is 67.9. The van der Waals surface area contributed by atoms with Crippen LogP contribution >= 0.6 is 0 Å². The summed E-state index contributed by atoms with van der Waals surface area (Å²) in [4.78, 5) is 4.31. The van der Waals surface area contributed by atoms with Gasteiger partial charge in [-0.05, 0) is 47.3 Å². The maximum Gasteiger partial charge on any atom is 0.516 e. The number of nitrogens with zero attached hydrogens (tertiary/aromatic N) is 1. The summed E-state index contributed by atoms with van der Waals surface area (Å²) in [5.41, 5.74) is -2.80. The summed E-state index contributed by atoms with van der Waals surface area (Å²) >= 11 is 0. The molecule has 0 aliphatic heterocycles. The first-order valence-electron chi connectivity index (χ1n) is 9.48. The molecule has 0 spiro atoms. The van der Waals surface area contributed by atoms with Crippen LogP contribution < -0.4 is 9.46 Å². The number of fused-ring (bicyclic) bond motifs is 1. The number of aromatic nitrogens is 1. The smallest absolute Gasteiger partial charge is 0.488 e. The number of hydrogen-bond acceptors (Lipinski definition) is 4. The highest BCUT2D eigenvalue weighted by atomic mass is 32.2. The van der Waals surface area contributed by atoms with Gasteiger partial charge in [-0.3, -0.25) is 9.71 Å². The van der Waals surface area contributed by atoms with Gasteiger partial charge in [-0.15, -0.1) is 0 Å². The number of sulfonamides is 1. The average molecular weight is 458 g/mol. The fraction of sp³-hybridized carbons (Fsp3) is 0.0870. The van der Waals surface area contributed by atoms with E-state index in [1.54, 1.807) is 29.1 Å². The minimum Gasteiger partial charge on any atom is -0.488 e. The van der Waals surface area contributed by atoms with E-state index in [-0.39, 0.29) is 12.3 Å². The molecule has 1 heterocycles. The highest BCUT2D eigenvalue weighted by molar-refractivity contribution is 7.93. The fourth-order valence-electron chi connectivity index (χ4n) is 3.12. The molecule has 5 nitrogen and oxygen atoms in total. The van der Waals surface area contributed by atoms with Crippen LogP contribution in [0.15, 0.2) is 85.1 Å². The number of nitrogens with one attached hydrogen (secondary N) is 1. The molecular weight excluding hydrogens is 441 g/mol. The Hall–Kier alpha value is -3.59. The molecule has 0 radical (unpaired) electrons. The molecule has 0 saturated heterocycles. The van der Waals surface area contributed by atoms with E-state index < -0.39 is 15.5 Å². The first-order valence-corrected chi connectivity index (χ1v) is 11.0. The van der Waals surface area contributed by atoms with E-state index >= 15 is 0 Å². The third-order valence-electron chi connectivity index (χ3n) is 4.71. The Kier molecular flexibility index (Phi) is 5.75. The first kappa shape index (κ1) is 21.6. The van der Waals surface area contributed by atoms with E-state index in [9.17, 15) is 21.6 Å². The summed E-state index contributed by atoms with van der Waals surface area (Å²) in [5, 5.41) is 1.18. The summed E-state index contributed by atoms with van der Waals surface area (Å²) in [6.45, 7) is 0.282. The molecule has 3 aromatic carbocycles. The van der Waals surface area contributed by atoms with Crippen molar-refractivity contribution in [3.8, 4) is 17.0 Å². The summed E-state index contributed by atoms with van der Waals surface area (Å²) in [6, 6.07) is 22.6. The number of hydrogen-bond donors (Lipinski definition) is 1. The number of benzene rings is 3. The lowest BCUT2D eigenvalue weighted by Gasteiger charge is -2.13. The van der Waals surface area contributed by atoms with Gasteiger partial charge in [0, 0.05) is 22.8 Å². The molecule has 164 valence electrons. The van der Waals surface area contributed by atoms with Crippen molar-refractivity contribution >= 4 is 26.5 Å². The topological polar surface area (TPSA) is 68.3 Å². The van der Waals surface area contributed by atoms with Crippen LogP contribution in [0.5, 0.6) is 5.75 Å².